The molecule has 94 valence electrons. The maximum atomic E-state index is 10.5. The van der Waals surface area contributed by atoms with E-state index in [1.54, 1.807) is 13.0 Å². The Morgan fingerprint density at radius 1 is 1.12 bits per heavy atom. The van der Waals surface area contributed by atoms with Crippen LogP contribution in [-0.2, 0) is 0 Å². The van der Waals surface area contributed by atoms with Gasteiger partial charge in [-0.15, -0.1) is 0 Å². The molecule has 0 rings (SSSR count). The van der Waals surface area contributed by atoms with Crippen molar-refractivity contribution in [2.45, 2.75) is 34.6 Å². The first kappa shape index (κ1) is 15.4. The van der Waals surface area contributed by atoms with Crippen LogP contribution in [0.1, 0.15) is 34.6 Å². The van der Waals surface area contributed by atoms with Crippen molar-refractivity contribution in [3.8, 4) is 0 Å². The second-order valence-electron chi connectivity index (χ2n) is 4.33. The van der Waals surface area contributed by atoms with Crippen molar-refractivity contribution >= 4 is 0 Å². The molecule has 0 saturated heterocycles. The maximum absolute atomic E-state index is 10.5. The molecular formula is C14H21NO2. The van der Waals surface area contributed by atoms with Gasteiger partial charge >= 0.3 is 0 Å². The van der Waals surface area contributed by atoms with E-state index in [0.717, 1.165) is 0 Å². The van der Waals surface area contributed by atoms with Gasteiger partial charge in [0.2, 0.25) is 5.70 Å². The summed E-state index contributed by atoms with van der Waals surface area (Å²) in [6.45, 7) is 9.61. The molecular weight excluding hydrogens is 214 g/mol. The summed E-state index contributed by atoms with van der Waals surface area (Å²) in [5, 5.41) is 10.5. The van der Waals surface area contributed by atoms with Gasteiger partial charge < -0.3 is 0 Å². The van der Waals surface area contributed by atoms with Crippen molar-refractivity contribution in [3.63, 3.8) is 0 Å². The minimum Gasteiger partial charge on any atom is -0.259 e. The molecule has 0 amide bonds. The molecule has 0 saturated carbocycles. The van der Waals surface area contributed by atoms with Crippen LogP contribution in [0.25, 0.3) is 0 Å². The van der Waals surface area contributed by atoms with E-state index in [1.165, 1.54) is 12.5 Å². The molecule has 0 aliphatic heterocycles. The van der Waals surface area contributed by atoms with Gasteiger partial charge in [-0.1, -0.05) is 49.8 Å². The minimum atomic E-state index is -0.369. The summed E-state index contributed by atoms with van der Waals surface area (Å²) in [6, 6.07) is 0. The molecule has 0 aliphatic rings. The van der Waals surface area contributed by atoms with E-state index in [-0.39, 0.29) is 10.6 Å². The molecule has 0 bridgehead atoms. The summed E-state index contributed by atoms with van der Waals surface area (Å²) >= 11 is 0. The topological polar surface area (TPSA) is 43.1 Å². The van der Waals surface area contributed by atoms with Gasteiger partial charge in [0.05, 0.1) is 4.92 Å². The molecule has 0 spiro atoms. The van der Waals surface area contributed by atoms with Gasteiger partial charge in [0, 0.05) is 12.5 Å². The van der Waals surface area contributed by atoms with Crippen LogP contribution in [0.5, 0.6) is 0 Å². The minimum absolute atomic E-state index is 0.184. The van der Waals surface area contributed by atoms with Gasteiger partial charge in [0.15, 0.2) is 0 Å². The highest BCUT2D eigenvalue weighted by Crippen LogP contribution is 2.08. The normalized spacial score (nSPS) is 14.8. The van der Waals surface area contributed by atoms with E-state index in [4.69, 9.17) is 0 Å². The third-order valence-electron chi connectivity index (χ3n) is 2.68. The second-order valence-corrected chi connectivity index (χ2v) is 4.33. The summed E-state index contributed by atoms with van der Waals surface area (Å²) in [7, 11) is 0. The summed E-state index contributed by atoms with van der Waals surface area (Å²) in [4.78, 5) is 10.1. The lowest BCUT2D eigenvalue weighted by Crippen LogP contribution is -1.95. The van der Waals surface area contributed by atoms with Crippen LogP contribution in [-0.4, -0.2) is 4.92 Å². The molecule has 0 N–H and O–H groups in total. The summed E-state index contributed by atoms with van der Waals surface area (Å²) in [5.74, 6) is 0.544. The predicted octanol–water partition coefficient (Wildman–Crippen LogP) is 4.27. The van der Waals surface area contributed by atoms with E-state index in [2.05, 4.69) is 26.8 Å². The zero-order valence-electron chi connectivity index (χ0n) is 11.2. The van der Waals surface area contributed by atoms with Crippen molar-refractivity contribution < 1.29 is 4.92 Å². The summed E-state index contributed by atoms with van der Waals surface area (Å²) in [6.07, 6.45) is 9.43. The monoisotopic (exact) mass is 235 g/mol. The Hall–Kier alpha value is -1.64. The summed E-state index contributed by atoms with van der Waals surface area (Å²) < 4.78 is 0. The van der Waals surface area contributed by atoms with Gasteiger partial charge in [-0.05, 0) is 19.8 Å². The Bertz CT molecular complexity index is 385. The quantitative estimate of drug-likeness (QED) is 0.405. The van der Waals surface area contributed by atoms with Crippen LogP contribution in [0.4, 0.5) is 0 Å². The Kier molecular flexibility index (Phi) is 6.87. The third-order valence-corrected chi connectivity index (χ3v) is 2.68. The number of nitro groups is 1. The number of allylic oxidation sites excluding steroid dienone is 8. The summed E-state index contributed by atoms with van der Waals surface area (Å²) in [5.41, 5.74) is 2.16. The van der Waals surface area contributed by atoms with Crippen molar-refractivity contribution in [2.24, 2.45) is 5.92 Å². The SMILES string of the molecule is C/C(=C/C=C\C=C\C(C)=C(/C)[N+](=O)[O-])C(C)C. The van der Waals surface area contributed by atoms with E-state index in [0.29, 0.717) is 11.5 Å². The molecule has 0 heterocycles. The Balaban J connectivity index is 4.49. The van der Waals surface area contributed by atoms with E-state index < -0.39 is 0 Å². The molecule has 0 atom stereocenters. The Labute approximate surface area is 103 Å². The molecule has 3 heteroatoms. The van der Waals surface area contributed by atoms with Gasteiger partial charge in [-0.3, -0.25) is 10.1 Å². The van der Waals surface area contributed by atoms with Crippen LogP contribution in [0, 0.1) is 16.0 Å². The number of hydrogen-bond donors (Lipinski definition) is 0. The first-order valence-electron chi connectivity index (χ1n) is 5.69. The van der Waals surface area contributed by atoms with Gasteiger partial charge in [-0.25, -0.2) is 0 Å². The van der Waals surface area contributed by atoms with E-state index in [9.17, 15) is 10.1 Å². The fraction of sp³-hybridized carbons (Fsp3) is 0.429. The predicted molar refractivity (Wildman–Crippen MR) is 72.2 cm³/mol. The highest BCUT2D eigenvalue weighted by molar-refractivity contribution is 5.24. The Morgan fingerprint density at radius 2 is 1.71 bits per heavy atom. The highest BCUT2D eigenvalue weighted by Gasteiger charge is 2.04. The fourth-order valence-electron chi connectivity index (χ4n) is 0.928. The van der Waals surface area contributed by atoms with Crippen molar-refractivity contribution in [2.75, 3.05) is 0 Å². The average Bonchev–Trinajstić information content (AvgIpc) is 2.26. The first-order chi connectivity index (χ1) is 7.86. The van der Waals surface area contributed by atoms with Crippen LogP contribution < -0.4 is 0 Å². The number of nitrogens with zero attached hydrogens (tertiary/aromatic N) is 1. The van der Waals surface area contributed by atoms with Crippen LogP contribution in [0.2, 0.25) is 0 Å². The molecule has 0 unspecified atom stereocenters. The van der Waals surface area contributed by atoms with Crippen molar-refractivity contribution in [1.82, 2.24) is 0 Å². The molecule has 0 aromatic rings. The lowest BCUT2D eigenvalue weighted by atomic mass is 10.1. The van der Waals surface area contributed by atoms with Crippen molar-refractivity contribution in [1.29, 1.82) is 0 Å². The zero-order valence-corrected chi connectivity index (χ0v) is 11.2. The largest absolute Gasteiger partial charge is 0.259 e. The fourth-order valence-corrected chi connectivity index (χ4v) is 0.928. The van der Waals surface area contributed by atoms with Gasteiger partial charge in [0.25, 0.3) is 0 Å². The number of hydrogen-bond acceptors (Lipinski definition) is 2. The molecule has 0 aromatic carbocycles. The van der Waals surface area contributed by atoms with E-state index >= 15 is 0 Å². The molecule has 0 fully saturated rings. The molecule has 17 heavy (non-hydrogen) atoms. The van der Waals surface area contributed by atoms with E-state index in [1.807, 2.05) is 18.2 Å². The van der Waals surface area contributed by atoms with Gasteiger partial charge in [0.1, 0.15) is 0 Å². The Morgan fingerprint density at radius 3 is 2.18 bits per heavy atom. The molecule has 3 nitrogen and oxygen atoms in total. The maximum Gasteiger partial charge on any atom is 0.246 e. The number of rotatable bonds is 5. The van der Waals surface area contributed by atoms with Crippen LogP contribution >= 0.6 is 0 Å². The zero-order chi connectivity index (χ0) is 13.4. The van der Waals surface area contributed by atoms with Crippen LogP contribution in [0.15, 0.2) is 47.2 Å². The highest BCUT2D eigenvalue weighted by atomic mass is 16.6. The second kappa shape index (κ2) is 7.60. The van der Waals surface area contributed by atoms with Crippen molar-refractivity contribution in [3.05, 3.63) is 57.3 Å². The molecule has 0 radical (unpaired) electrons. The lowest BCUT2D eigenvalue weighted by molar-refractivity contribution is -0.425. The lowest BCUT2D eigenvalue weighted by Gasteiger charge is -2.01. The van der Waals surface area contributed by atoms with Crippen LogP contribution in [0.3, 0.4) is 0 Å². The average molecular weight is 235 g/mol. The first-order valence-corrected chi connectivity index (χ1v) is 5.69. The third kappa shape index (κ3) is 6.51. The smallest absolute Gasteiger partial charge is 0.246 e. The molecule has 0 aliphatic carbocycles. The van der Waals surface area contributed by atoms with Gasteiger partial charge in [-0.2, -0.15) is 0 Å². The molecule has 0 aromatic heterocycles. The standard InChI is InChI=1S/C14H21NO2/c1-11(2)12(3)9-7-6-8-10-13(4)14(5)15(16)17/h6-11H,1-5H3/b7-6-,10-8+,12-9-,14-13+.